The maximum Gasteiger partial charge on any atom is 0.242 e. The van der Waals surface area contributed by atoms with Crippen molar-refractivity contribution < 1.29 is 4.74 Å². The quantitative estimate of drug-likeness (QED) is 0.534. The second kappa shape index (κ2) is 6.25. The Morgan fingerprint density at radius 2 is 2.07 bits per heavy atom. The second-order valence-electron chi connectivity index (χ2n) is 8.21. The number of fused-ring (bicyclic) bond motifs is 2. The molecular weight excluding hydrogens is 366 g/mol. The Kier molecular flexibility index (Phi) is 3.64. The zero-order valence-corrected chi connectivity index (χ0v) is 16.6. The summed E-state index contributed by atoms with van der Waals surface area (Å²) >= 11 is 0. The monoisotopic (exact) mass is 389 g/mol. The van der Waals surface area contributed by atoms with Gasteiger partial charge in [0.05, 0.1) is 5.52 Å². The Balaban J connectivity index is 1.47. The molecule has 6 rings (SSSR count). The van der Waals surface area contributed by atoms with Gasteiger partial charge in [-0.1, -0.05) is 0 Å². The molecular formula is C21H23N7O. The molecule has 4 aromatic rings. The largest absolute Gasteiger partial charge is 0.471 e. The van der Waals surface area contributed by atoms with Gasteiger partial charge in [-0.05, 0) is 45.4 Å². The lowest BCUT2D eigenvalue weighted by atomic mass is 10.1. The summed E-state index contributed by atoms with van der Waals surface area (Å²) in [5.41, 5.74) is 4.85. The first-order valence-corrected chi connectivity index (χ1v) is 10.2. The SMILES string of the molecule is Cc1nc2ncc(-c3ccn4ncnc(OC5CCN(C)C5)c34)cc2n1C1CC1. The summed E-state index contributed by atoms with van der Waals surface area (Å²) in [7, 11) is 2.12. The van der Waals surface area contributed by atoms with Crippen molar-refractivity contribution in [3.63, 3.8) is 0 Å². The van der Waals surface area contributed by atoms with Crippen LogP contribution < -0.4 is 4.74 Å². The molecule has 0 N–H and O–H groups in total. The molecule has 2 aliphatic rings. The third kappa shape index (κ3) is 2.78. The Morgan fingerprint density at radius 3 is 2.86 bits per heavy atom. The number of hydrogen-bond donors (Lipinski definition) is 0. The maximum atomic E-state index is 6.29. The summed E-state index contributed by atoms with van der Waals surface area (Å²) < 4.78 is 10.5. The van der Waals surface area contributed by atoms with Gasteiger partial charge in [0.25, 0.3) is 0 Å². The lowest BCUT2D eigenvalue weighted by Gasteiger charge is -2.14. The van der Waals surface area contributed by atoms with Crippen molar-refractivity contribution in [1.82, 2.24) is 34.0 Å². The lowest BCUT2D eigenvalue weighted by Crippen LogP contribution is -2.22. The third-order valence-corrected chi connectivity index (χ3v) is 5.99. The topological polar surface area (TPSA) is 73.4 Å². The van der Waals surface area contributed by atoms with Crippen LogP contribution in [0, 0.1) is 6.92 Å². The van der Waals surface area contributed by atoms with Gasteiger partial charge in [-0.3, -0.25) is 0 Å². The van der Waals surface area contributed by atoms with Crippen LogP contribution in [0.4, 0.5) is 0 Å². The molecule has 1 saturated carbocycles. The van der Waals surface area contributed by atoms with E-state index in [1.54, 1.807) is 6.33 Å². The van der Waals surface area contributed by atoms with Crippen LogP contribution in [-0.2, 0) is 0 Å². The average molecular weight is 389 g/mol. The van der Waals surface area contributed by atoms with E-state index in [9.17, 15) is 0 Å². The molecule has 1 unspecified atom stereocenters. The van der Waals surface area contributed by atoms with E-state index in [-0.39, 0.29) is 6.10 Å². The molecule has 1 aliphatic carbocycles. The lowest BCUT2D eigenvalue weighted by molar-refractivity contribution is 0.201. The molecule has 0 radical (unpaired) electrons. The summed E-state index contributed by atoms with van der Waals surface area (Å²) in [5.74, 6) is 1.67. The number of rotatable bonds is 4. The molecule has 8 heteroatoms. The van der Waals surface area contributed by atoms with Gasteiger partial charge in [0.1, 0.15) is 23.8 Å². The molecule has 0 bridgehead atoms. The van der Waals surface area contributed by atoms with Gasteiger partial charge in [-0.25, -0.2) is 14.5 Å². The predicted molar refractivity (Wildman–Crippen MR) is 109 cm³/mol. The van der Waals surface area contributed by atoms with Crippen molar-refractivity contribution in [2.75, 3.05) is 20.1 Å². The molecule has 148 valence electrons. The first kappa shape index (κ1) is 16.9. The van der Waals surface area contributed by atoms with Crippen LogP contribution in [0.3, 0.4) is 0 Å². The first-order valence-electron chi connectivity index (χ1n) is 10.2. The Morgan fingerprint density at radius 1 is 1.17 bits per heavy atom. The van der Waals surface area contributed by atoms with Crippen molar-refractivity contribution in [3.8, 4) is 17.0 Å². The minimum atomic E-state index is 0.154. The Labute approximate surface area is 168 Å². The Bertz CT molecular complexity index is 1220. The predicted octanol–water partition coefficient (Wildman–Crippen LogP) is 2.87. The van der Waals surface area contributed by atoms with E-state index in [0.29, 0.717) is 11.9 Å². The average Bonchev–Trinajstić information content (AvgIpc) is 3.16. The molecule has 0 amide bonds. The number of ether oxygens (including phenoxy) is 1. The van der Waals surface area contributed by atoms with E-state index < -0.39 is 0 Å². The fraction of sp³-hybridized carbons (Fsp3) is 0.429. The van der Waals surface area contributed by atoms with E-state index in [1.165, 1.54) is 12.8 Å². The van der Waals surface area contributed by atoms with E-state index in [1.807, 2.05) is 16.9 Å². The van der Waals surface area contributed by atoms with Gasteiger partial charge in [0, 0.05) is 42.7 Å². The zero-order valence-electron chi connectivity index (χ0n) is 16.6. The fourth-order valence-corrected chi connectivity index (χ4v) is 4.43. The zero-order chi connectivity index (χ0) is 19.5. The normalized spacial score (nSPS) is 20.1. The van der Waals surface area contributed by atoms with E-state index >= 15 is 0 Å². The first-order chi connectivity index (χ1) is 14.2. The number of pyridine rings is 1. The summed E-state index contributed by atoms with van der Waals surface area (Å²) in [4.78, 5) is 16.0. The Hall–Kier alpha value is -3.00. The maximum absolute atomic E-state index is 6.29. The van der Waals surface area contributed by atoms with Crippen LogP contribution in [0.15, 0.2) is 30.9 Å². The number of nitrogens with zero attached hydrogens (tertiary/aromatic N) is 7. The van der Waals surface area contributed by atoms with E-state index in [0.717, 1.165) is 53.1 Å². The van der Waals surface area contributed by atoms with Crippen LogP contribution in [0.1, 0.15) is 31.1 Å². The van der Waals surface area contributed by atoms with Gasteiger partial charge in [0.2, 0.25) is 5.88 Å². The third-order valence-electron chi connectivity index (χ3n) is 5.99. The second-order valence-corrected chi connectivity index (χ2v) is 8.21. The fourth-order valence-electron chi connectivity index (χ4n) is 4.43. The van der Waals surface area contributed by atoms with Crippen molar-refractivity contribution in [1.29, 1.82) is 0 Å². The molecule has 1 saturated heterocycles. The number of likely N-dealkylation sites (N-methyl/N-ethyl adjacent to an activating group) is 1. The molecule has 1 atom stereocenters. The summed E-state index contributed by atoms with van der Waals surface area (Å²) in [6, 6.07) is 4.81. The minimum absolute atomic E-state index is 0.154. The van der Waals surface area contributed by atoms with Crippen LogP contribution in [0.5, 0.6) is 5.88 Å². The molecule has 2 fully saturated rings. The smallest absolute Gasteiger partial charge is 0.242 e. The standard InChI is InChI=1S/C21H23N7O/c1-13-25-20-18(28(13)15-3-4-15)9-14(10-22-20)17-6-8-27-19(17)21(23-12-24-27)29-16-5-7-26(2)11-16/h6,8-10,12,15-16H,3-5,7,11H2,1-2H3. The number of aromatic nitrogens is 6. The van der Waals surface area contributed by atoms with Gasteiger partial charge in [0.15, 0.2) is 5.65 Å². The van der Waals surface area contributed by atoms with Gasteiger partial charge < -0.3 is 14.2 Å². The van der Waals surface area contributed by atoms with Crippen molar-refractivity contribution in [2.45, 2.75) is 38.3 Å². The van der Waals surface area contributed by atoms with Crippen LogP contribution in [0.2, 0.25) is 0 Å². The summed E-state index contributed by atoms with van der Waals surface area (Å²) in [6.45, 7) is 4.02. The van der Waals surface area contributed by atoms with Crippen LogP contribution >= 0.6 is 0 Å². The minimum Gasteiger partial charge on any atom is -0.471 e. The molecule has 8 nitrogen and oxygen atoms in total. The summed E-state index contributed by atoms with van der Waals surface area (Å²) in [5, 5.41) is 4.38. The van der Waals surface area contributed by atoms with Gasteiger partial charge in [-0.15, -0.1) is 0 Å². The van der Waals surface area contributed by atoms with Gasteiger partial charge in [-0.2, -0.15) is 10.1 Å². The van der Waals surface area contributed by atoms with Crippen molar-refractivity contribution in [2.24, 2.45) is 0 Å². The van der Waals surface area contributed by atoms with E-state index in [4.69, 9.17) is 4.74 Å². The molecule has 5 heterocycles. The van der Waals surface area contributed by atoms with E-state index in [2.05, 4.69) is 55.6 Å². The summed E-state index contributed by atoms with van der Waals surface area (Å²) in [6.07, 6.45) is 8.99. The molecule has 1 aliphatic heterocycles. The van der Waals surface area contributed by atoms with Crippen molar-refractivity contribution in [3.05, 3.63) is 36.7 Å². The van der Waals surface area contributed by atoms with Crippen molar-refractivity contribution >= 4 is 16.7 Å². The number of imidazole rings is 1. The highest BCUT2D eigenvalue weighted by Gasteiger charge is 2.28. The highest BCUT2D eigenvalue weighted by molar-refractivity contribution is 5.88. The number of aryl methyl sites for hydroxylation is 1. The molecule has 0 aromatic carbocycles. The molecule has 4 aromatic heterocycles. The highest BCUT2D eigenvalue weighted by atomic mass is 16.5. The molecule has 29 heavy (non-hydrogen) atoms. The number of hydrogen-bond acceptors (Lipinski definition) is 6. The highest BCUT2D eigenvalue weighted by Crippen LogP contribution is 2.39. The molecule has 0 spiro atoms. The van der Waals surface area contributed by atoms with Gasteiger partial charge >= 0.3 is 0 Å². The number of likely N-dealkylation sites (tertiary alicyclic amines) is 1. The van der Waals surface area contributed by atoms with Crippen LogP contribution in [-0.4, -0.2) is 60.3 Å². The van der Waals surface area contributed by atoms with Crippen LogP contribution in [0.25, 0.3) is 27.8 Å².